The van der Waals surface area contributed by atoms with Crippen molar-refractivity contribution in [3.63, 3.8) is 0 Å². The van der Waals surface area contributed by atoms with E-state index in [9.17, 15) is 0 Å². The molecule has 0 N–H and O–H groups in total. The Labute approximate surface area is 757 Å². The van der Waals surface area contributed by atoms with Gasteiger partial charge in [-0.05, 0) is 269 Å². The molecule has 24 aromatic carbocycles. The summed E-state index contributed by atoms with van der Waals surface area (Å²) in [6.45, 7) is 11.0. The van der Waals surface area contributed by atoms with Crippen LogP contribution < -0.4 is 14.7 Å². The number of hydrogen-bond donors (Lipinski definition) is 0. The van der Waals surface area contributed by atoms with Crippen LogP contribution in [-0.2, 0) is 0 Å². The molecule has 0 saturated heterocycles. The number of fused-ring (bicyclic) bond motifs is 9. The zero-order chi connectivity index (χ0) is 87.2. The first-order valence-electron chi connectivity index (χ1n) is 45.1. The van der Waals surface area contributed by atoms with Gasteiger partial charge in [0.15, 0.2) is 0 Å². The van der Waals surface area contributed by atoms with Crippen molar-refractivity contribution in [2.24, 2.45) is 0 Å². The fraction of sp³-hybridized carbons (Fsp3) is 0.0400. The third-order valence-electron chi connectivity index (χ3n) is 27.1. The lowest BCUT2D eigenvalue weighted by atomic mass is 9.89. The molecule has 0 aliphatic carbocycles. The highest BCUT2D eigenvalue weighted by molar-refractivity contribution is 6.30. The van der Waals surface area contributed by atoms with Crippen molar-refractivity contribution < 1.29 is 13.3 Å². The van der Waals surface area contributed by atoms with Gasteiger partial charge in [0.2, 0.25) is 0 Å². The predicted molar refractivity (Wildman–Crippen MR) is 556 cm³/mol. The van der Waals surface area contributed by atoms with E-state index in [1.807, 2.05) is 36.4 Å². The topological polar surface area (TPSA) is 49.1 Å². The highest BCUT2D eigenvalue weighted by Gasteiger charge is 2.27. The van der Waals surface area contributed by atoms with Crippen molar-refractivity contribution in [2.75, 3.05) is 14.7 Å². The van der Waals surface area contributed by atoms with Crippen LogP contribution in [0, 0.1) is 34.6 Å². The maximum absolute atomic E-state index is 6.45. The minimum atomic E-state index is 0.913. The summed E-state index contributed by atoms with van der Waals surface area (Å²) in [6, 6.07) is 154. The lowest BCUT2D eigenvalue weighted by Crippen LogP contribution is -2.11. The smallest absolute Gasteiger partial charge is 0.143 e. The Kier molecular flexibility index (Phi) is 18.0. The zero-order valence-corrected chi connectivity index (χ0v) is 73.0. The molecule has 27 rings (SSSR count). The van der Waals surface area contributed by atoms with Gasteiger partial charge in [0.1, 0.15) is 33.5 Å². The van der Waals surface area contributed by atoms with E-state index < -0.39 is 0 Å². The first kappa shape index (κ1) is 76.6. The van der Waals surface area contributed by atoms with Gasteiger partial charge >= 0.3 is 0 Å². The van der Waals surface area contributed by atoms with E-state index in [0.29, 0.717) is 0 Å². The molecule has 618 valence electrons. The third kappa shape index (κ3) is 12.8. The van der Waals surface area contributed by atoms with Gasteiger partial charge in [-0.25, -0.2) is 0 Å². The van der Waals surface area contributed by atoms with Crippen LogP contribution >= 0.6 is 0 Å². The van der Waals surface area contributed by atoms with Crippen molar-refractivity contribution in [1.82, 2.24) is 0 Å². The van der Waals surface area contributed by atoms with Crippen LogP contribution in [0.3, 0.4) is 0 Å². The van der Waals surface area contributed by atoms with Crippen LogP contribution in [0.15, 0.2) is 438 Å². The summed E-state index contributed by atoms with van der Waals surface area (Å²) in [7, 11) is 0. The van der Waals surface area contributed by atoms with Crippen molar-refractivity contribution in [3.8, 4) is 33.4 Å². The summed E-state index contributed by atoms with van der Waals surface area (Å²) >= 11 is 0. The fourth-order valence-electron chi connectivity index (χ4n) is 21.3. The minimum Gasteiger partial charge on any atom is -0.455 e. The van der Waals surface area contributed by atoms with E-state index in [1.165, 1.54) is 136 Å². The number of benzene rings is 24. The molecule has 0 bridgehead atoms. The molecule has 3 heterocycles. The monoisotopic (exact) mass is 1680 g/mol. The third-order valence-corrected chi connectivity index (χ3v) is 27.1. The largest absolute Gasteiger partial charge is 0.455 e. The molecular formula is C125H85N3O3. The van der Waals surface area contributed by atoms with Gasteiger partial charge in [0.25, 0.3) is 0 Å². The molecule has 0 fully saturated rings. The molecule has 27 aromatic rings. The number of furan rings is 3. The van der Waals surface area contributed by atoms with E-state index in [4.69, 9.17) is 13.3 Å². The van der Waals surface area contributed by atoms with Crippen molar-refractivity contribution in [3.05, 3.63) is 452 Å². The Morgan fingerprint density at radius 2 is 0.481 bits per heavy atom. The molecule has 0 atom stereocenters. The van der Waals surface area contributed by atoms with Crippen LogP contribution in [0.4, 0.5) is 51.2 Å². The highest BCUT2D eigenvalue weighted by Crippen LogP contribution is 2.52. The maximum atomic E-state index is 6.45. The lowest BCUT2D eigenvalue weighted by Gasteiger charge is -2.29. The predicted octanol–water partition coefficient (Wildman–Crippen LogP) is 36.4. The summed E-state index contributed by atoms with van der Waals surface area (Å²) in [5.74, 6) is 0. The Hall–Kier alpha value is -16.8. The molecule has 131 heavy (non-hydrogen) atoms. The van der Waals surface area contributed by atoms with E-state index in [-0.39, 0.29) is 0 Å². The lowest BCUT2D eigenvalue weighted by molar-refractivity contribution is 0.669. The molecular weight excluding hydrogens is 1590 g/mol. The van der Waals surface area contributed by atoms with E-state index >= 15 is 0 Å². The van der Waals surface area contributed by atoms with Crippen molar-refractivity contribution in [1.29, 1.82) is 0 Å². The molecule has 0 radical (unpaired) electrons. The van der Waals surface area contributed by atoms with E-state index in [2.05, 4.69) is 438 Å². The molecule has 6 nitrogen and oxygen atoms in total. The van der Waals surface area contributed by atoms with Crippen molar-refractivity contribution >= 4 is 214 Å². The van der Waals surface area contributed by atoms with Gasteiger partial charge < -0.3 is 28.0 Å². The fourth-order valence-corrected chi connectivity index (χ4v) is 21.3. The SMILES string of the molecule is Cc1cc(C)cc(N(c2cccc(-c3cccc4c3oc3ccccc34)c2)c2ccc3ccc4cccc5ccc2c3c45)c1.Cc1ccc2ccc3c(C)cc(N(c4ccccc4)c4cccc(-c5cccc6c5oc5ccccc56)c4)c4ccc1c2c34.Cc1cccc(N(c2cccc(-c3cccc4c3oc3ccccc34)c2)c2ccc3ccc4cccc5ccc2c3c45)c1. The molecule has 0 amide bonds. The number of hydrogen-bond acceptors (Lipinski definition) is 6. The Balaban J connectivity index is 0.000000106. The Bertz CT molecular complexity index is 9180. The van der Waals surface area contributed by atoms with Gasteiger partial charge in [-0.2, -0.15) is 0 Å². The van der Waals surface area contributed by atoms with Crippen LogP contribution in [0.1, 0.15) is 27.8 Å². The summed E-state index contributed by atoms with van der Waals surface area (Å²) in [4.78, 5) is 7.24. The van der Waals surface area contributed by atoms with E-state index in [1.54, 1.807) is 0 Å². The minimum absolute atomic E-state index is 0.913. The van der Waals surface area contributed by atoms with Gasteiger partial charge in [-0.15, -0.1) is 0 Å². The first-order chi connectivity index (χ1) is 64.5. The van der Waals surface area contributed by atoms with Gasteiger partial charge in [0.05, 0.1) is 17.1 Å². The molecule has 6 heteroatoms. The number of rotatable bonds is 12. The summed E-state index contributed by atoms with van der Waals surface area (Å²) in [5.41, 5.74) is 28.7. The summed E-state index contributed by atoms with van der Waals surface area (Å²) in [5, 5.41) is 30.1. The van der Waals surface area contributed by atoms with Gasteiger partial charge in [0, 0.05) is 99.3 Å². The number of para-hydroxylation sites is 7. The Morgan fingerprint density at radius 1 is 0.168 bits per heavy atom. The number of nitrogens with zero attached hydrogens (tertiary/aromatic N) is 3. The number of anilines is 9. The average molecular weight is 1680 g/mol. The van der Waals surface area contributed by atoms with Crippen molar-refractivity contribution in [2.45, 2.75) is 34.6 Å². The molecule has 0 aliphatic rings. The average Bonchev–Trinajstić information content (AvgIpc) is 1.61. The molecule has 0 unspecified atom stereocenters. The normalized spacial score (nSPS) is 11.9. The summed E-state index contributed by atoms with van der Waals surface area (Å²) < 4.78 is 19.3. The molecule has 0 aliphatic heterocycles. The quantitative estimate of drug-likeness (QED) is 0.114. The zero-order valence-electron chi connectivity index (χ0n) is 73.0. The maximum Gasteiger partial charge on any atom is 0.143 e. The second kappa shape index (κ2) is 30.8. The summed E-state index contributed by atoms with van der Waals surface area (Å²) in [6.07, 6.45) is 0. The second-order valence-electron chi connectivity index (χ2n) is 35.2. The highest BCUT2D eigenvalue weighted by atomic mass is 16.3. The van der Waals surface area contributed by atoms with Gasteiger partial charge in [-0.3, -0.25) is 0 Å². The van der Waals surface area contributed by atoms with Gasteiger partial charge in [-0.1, -0.05) is 315 Å². The molecule has 0 spiro atoms. The van der Waals surface area contributed by atoms with Crippen LogP contribution in [0.25, 0.3) is 196 Å². The first-order valence-corrected chi connectivity index (χ1v) is 45.1. The molecule has 3 aromatic heterocycles. The second-order valence-corrected chi connectivity index (χ2v) is 35.2. The number of aryl methyl sites for hydroxylation is 5. The standard InChI is InChI=1S/2C42H29NO.C41H27NO/c1-26-22-27(2)24-33(23-26)43(38-21-19-30-17-16-28-8-5-9-29-18-20-37(38)41(30)40(28)29)32-11-6-10-31(25-32)34-13-7-14-36-35-12-3-4-15-39(35)44-42(34)36;1-26-18-19-28-20-21-33-27(2)24-38(37-23-22-32(26)40(28)41(33)37)43(30-11-4-3-5-12-30)31-13-8-10-29(25-31)34-15-9-16-36-35-14-6-7-17-39(35)44-42(34)36;1-26-8-4-12-31(24-26)42(37-23-21-29-19-18-27-9-5-10-28-20-22-36(37)40(29)39(27)28)32-13-6-11-30(25-32)33-15-7-16-35-34-14-2-3-17-38(34)43-41(33)35/h2*3-25H,1-2H3;2-25H,1H3. The van der Waals surface area contributed by atoms with Crippen LogP contribution in [-0.4, -0.2) is 0 Å². The molecule has 0 saturated carbocycles. The Morgan fingerprint density at radius 3 is 0.947 bits per heavy atom. The van der Waals surface area contributed by atoms with Crippen LogP contribution in [0.2, 0.25) is 0 Å². The van der Waals surface area contributed by atoms with Crippen LogP contribution in [0.5, 0.6) is 0 Å². The van der Waals surface area contributed by atoms with E-state index in [0.717, 1.165) is 139 Å².